The van der Waals surface area contributed by atoms with Crippen molar-refractivity contribution in [1.82, 2.24) is 4.90 Å². The zero-order chi connectivity index (χ0) is 16.9. The van der Waals surface area contributed by atoms with E-state index in [-0.39, 0.29) is 24.0 Å². The van der Waals surface area contributed by atoms with Crippen LogP contribution in [0.25, 0.3) is 0 Å². The van der Waals surface area contributed by atoms with Gasteiger partial charge in [0.05, 0.1) is 0 Å². The smallest absolute Gasteiger partial charge is 0.191 e. The first kappa shape index (κ1) is 20.2. The number of hydrogen-bond donors (Lipinski definition) is 1. The van der Waals surface area contributed by atoms with Crippen molar-refractivity contribution in [3.05, 3.63) is 29.8 Å². The Balaban J connectivity index is 0.00000225. The van der Waals surface area contributed by atoms with E-state index >= 15 is 0 Å². The number of nitrogens with two attached hydrogens (primary N) is 1. The van der Waals surface area contributed by atoms with E-state index in [1.165, 1.54) is 37.8 Å². The van der Waals surface area contributed by atoms with Crippen molar-refractivity contribution >= 4 is 35.6 Å². The average Bonchev–Trinajstić information content (AvgIpc) is 2.88. The Morgan fingerprint density at radius 2 is 1.80 bits per heavy atom. The van der Waals surface area contributed by atoms with Crippen LogP contribution in [0.2, 0.25) is 0 Å². The van der Waals surface area contributed by atoms with Crippen LogP contribution in [0.1, 0.15) is 32.1 Å². The number of likely N-dealkylation sites (tertiary alicyclic amines) is 1. The molecule has 0 spiro atoms. The molecule has 0 aliphatic carbocycles. The van der Waals surface area contributed by atoms with Gasteiger partial charge < -0.3 is 15.5 Å². The maximum atomic E-state index is 13.4. The predicted octanol–water partition coefficient (Wildman–Crippen LogP) is 3.60. The summed E-state index contributed by atoms with van der Waals surface area (Å²) >= 11 is 0. The molecule has 2 aliphatic heterocycles. The highest BCUT2D eigenvalue weighted by atomic mass is 127. The largest absolute Gasteiger partial charge is 0.371 e. The zero-order valence-electron chi connectivity index (χ0n) is 14.5. The number of hydrogen-bond acceptors (Lipinski definition) is 2. The van der Waals surface area contributed by atoms with E-state index in [4.69, 9.17) is 5.73 Å². The molecule has 0 bridgehead atoms. The highest BCUT2D eigenvalue weighted by Gasteiger charge is 2.23. The Hall–Kier alpha value is -1.12. The van der Waals surface area contributed by atoms with Crippen molar-refractivity contribution in [2.24, 2.45) is 16.6 Å². The van der Waals surface area contributed by atoms with Crippen molar-refractivity contribution in [2.45, 2.75) is 32.1 Å². The van der Waals surface area contributed by atoms with Gasteiger partial charge in [0.15, 0.2) is 17.6 Å². The summed E-state index contributed by atoms with van der Waals surface area (Å²) in [5.74, 6) is -0.532. The van der Waals surface area contributed by atoms with Gasteiger partial charge in [0.25, 0.3) is 0 Å². The molecule has 2 fully saturated rings. The van der Waals surface area contributed by atoms with Crippen LogP contribution in [0.3, 0.4) is 0 Å². The summed E-state index contributed by atoms with van der Waals surface area (Å²) < 4.78 is 26.4. The third-order valence-corrected chi connectivity index (χ3v) is 5.00. The second kappa shape index (κ2) is 9.54. The topological polar surface area (TPSA) is 44.9 Å². The lowest BCUT2D eigenvalue weighted by atomic mass is 10.1. The maximum absolute atomic E-state index is 13.4. The van der Waals surface area contributed by atoms with Gasteiger partial charge in [0.2, 0.25) is 0 Å². The molecule has 1 aromatic rings. The minimum atomic E-state index is -0.802. The Morgan fingerprint density at radius 1 is 1.08 bits per heavy atom. The third kappa shape index (κ3) is 5.43. The molecule has 2 saturated heterocycles. The second-order valence-corrected chi connectivity index (χ2v) is 6.80. The van der Waals surface area contributed by atoms with E-state index in [1.807, 2.05) is 0 Å². The molecule has 2 heterocycles. The molecule has 4 nitrogen and oxygen atoms in total. The number of guanidine groups is 1. The fourth-order valence-electron chi connectivity index (χ4n) is 3.52. The highest BCUT2D eigenvalue weighted by Crippen LogP contribution is 2.25. The SMILES string of the molecule is I.NC(=NCC1CCN(c2ccc(F)c(F)c2)C1)N1CCCCCC1. The van der Waals surface area contributed by atoms with Gasteiger partial charge in [-0.1, -0.05) is 12.8 Å². The quantitative estimate of drug-likeness (QED) is 0.423. The van der Waals surface area contributed by atoms with Gasteiger partial charge in [-0.15, -0.1) is 24.0 Å². The van der Waals surface area contributed by atoms with E-state index in [1.54, 1.807) is 6.07 Å². The molecule has 0 radical (unpaired) electrons. The molecular formula is C18H27F2IN4. The van der Waals surface area contributed by atoms with Gasteiger partial charge in [0.1, 0.15) is 0 Å². The molecule has 140 valence electrons. The fraction of sp³-hybridized carbons (Fsp3) is 0.611. The molecule has 2 aliphatic rings. The summed E-state index contributed by atoms with van der Waals surface area (Å²) in [6.45, 7) is 4.35. The summed E-state index contributed by atoms with van der Waals surface area (Å²) in [4.78, 5) is 8.87. The molecule has 0 amide bonds. The predicted molar refractivity (Wildman–Crippen MR) is 109 cm³/mol. The highest BCUT2D eigenvalue weighted by molar-refractivity contribution is 14.0. The van der Waals surface area contributed by atoms with Gasteiger partial charge in [-0.3, -0.25) is 4.99 Å². The Morgan fingerprint density at radius 3 is 2.48 bits per heavy atom. The molecule has 0 aromatic heterocycles. The summed E-state index contributed by atoms with van der Waals surface area (Å²) in [7, 11) is 0. The van der Waals surface area contributed by atoms with Crippen LogP contribution in [-0.2, 0) is 0 Å². The molecule has 1 atom stereocenters. The monoisotopic (exact) mass is 464 g/mol. The molecule has 25 heavy (non-hydrogen) atoms. The minimum absolute atomic E-state index is 0. The zero-order valence-corrected chi connectivity index (χ0v) is 16.8. The van der Waals surface area contributed by atoms with Crippen molar-refractivity contribution < 1.29 is 8.78 Å². The van der Waals surface area contributed by atoms with Crippen LogP contribution < -0.4 is 10.6 Å². The van der Waals surface area contributed by atoms with Gasteiger partial charge in [-0.2, -0.15) is 0 Å². The average molecular weight is 464 g/mol. The molecule has 3 rings (SSSR count). The van der Waals surface area contributed by atoms with Crippen molar-refractivity contribution in [1.29, 1.82) is 0 Å². The normalized spacial score (nSPS) is 21.8. The second-order valence-electron chi connectivity index (χ2n) is 6.80. The lowest BCUT2D eigenvalue weighted by Crippen LogP contribution is -2.38. The molecule has 1 unspecified atom stereocenters. The molecule has 0 saturated carbocycles. The summed E-state index contributed by atoms with van der Waals surface area (Å²) in [5.41, 5.74) is 6.89. The van der Waals surface area contributed by atoms with Crippen LogP contribution in [-0.4, -0.2) is 43.6 Å². The summed E-state index contributed by atoms with van der Waals surface area (Å²) in [6.07, 6.45) is 5.91. The van der Waals surface area contributed by atoms with Crippen molar-refractivity contribution in [3.63, 3.8) is 0 Å². The first-order valence-corrected chi connectivity index (χ1v) is 8.88. The van der Waals surface area contributed by atoms with Crippen molar-refractivity contribution in [3.8, 4) is 0 Å². The maximum Gasteiger partial charge on any atom is 0.191 e. The number of anilines is 1. The van der Waals surface area contributed by atoms with E-state index in [0.717, 1.165) is 38.3 Å². The minimum Gasteiger partial charge on any atom is -0.371 e. The van der Waals surface area contributed by atoms with E-state index in [0.29, 0.717) is 18.4 Å². The molecule has 2 N–H and O–H groups in total. The first-order valence-electron chi connectivity index (χ1n) is 8.88. The first-order chi connectivity index (χ1) is 11.6. The van der Waals surface area contributed by atoms with Crippen LogP contribution in [0.4, 0.5) is 14.5 Å². The Bertz CT molecular complexity index is 588. The fourth-order valence-corrected chi connectivity index (χ4v) is 3.52. The Kier molecular flexibility index (Phi) is 7.71. The van der Waals surface area contributed by atoms with Crippen LogP contribution in [0.15, 0.2) is 23.2 Å². The third-order valence-electron chi connectivity index (χ3n) is 5.00. The Labute approximate surface area is 165 Å². The number of benzene rings is 1. The van der Waals surface area contributed by atoms with E-state index in [2.05, 4.69) is 14.8 Å². The summed E-state index contributed by atoms with van der Waals surface area (Å²) in [5, 5.41) is 0. The number of nitrogens with zero attached hydrogens (tertiary/aromatic N) is 3. The number of halogens is 3. The van der Waals surface area contributed by atoms with E-state index < -0.39 is 11.6 Å². The number of aliphatic imine (C=N–C) groups is 1. The van der Waals surface area contributed by atoms with Gasteiger partial charge in [-0.05, 0) is 37.3 Å². The van der Waals surface area contributed by atoms with Gasteiger partial charge in [0, 0.05) is 44.5 Å². The van der Waals surface area contributed by atoms with E-state index in [9.17, 15) is 8.78 Å². The molecular weight excluding hydrogens is 437 g/mol. The van der Waals surface area contributed by atoms with Gasteiger partial charge >= 0.3 is 0 Å². The molecule has 7 heteroatoms. The number of rotatable bonds is 3. The lowest BCUT2D eigenvalue weighted by molar-refractivity contribution is 0.426. The van der Waals surface area contributed by atoms with Crippen LogP contribution >= 0.6 is 24.0 Å². The standard InChI is InChI=1S/C18H26F2N4.HI/c19-16-6-5-15(11-17(16)20)24-10-7-14(13-24)12-22-18(21)23-8-3-1-2-4-9-23;/h5-6,11,14H,1-4,7-10,12-13H2,(H2,21,22);1H. The lowest BCUT2D eigenvalue weighted by Gasteiger charge is -2.22. The van der Waals surface area contributed by atoms with Crippen molar-refractivity contribution in [2.75, 3.05) is 37.6 Å². The van der Waals surface area contributed by atoms with Crippen LogP contribution in [0.5, 0.6) is 0 Å². The molecule has 1 aromatic carbocycles. The van der Waals surface area contributed by atoms with Crippen LogP contribution in [0, 0.1) is 17.6 Å². The summed E-state index contributed by atoms with van der Waals surface area (Å²) in [6, 6.07) is 4.09. The van der Waals surface area contributed by atoms with Gasteiger partial charge in [-0.25, -0.2) is 8.78 Å².